The molecule has 0 N–H and O–H groups in total. The van der Waals surface area contributed by atoms with Gasteiger partial charge in [-0.05, 0) is 12.1 Å². The van der Waals surface area contributed by atoms with Crippen LogP contribution in [0.1, 0.15) is 0 Å². The number of rotatable bonds is 3. The molecule has 2 rings (SSSR count). The Labute approximate surface area is 111 Å². The van der Waals surface area contributed by atoms with Crippen molar-refractivity contribution in [1.82, 2.24) is 0 Å². The van der Waals surface area contributed by atoms with Crippen LogP contribution in [0.25, 0.3) is 0 Å². The van der Waals surface area contributed by atoms with Crippen LogP contribution in [-0.4, -0.2) is 39.0 Å². The Morgan fingerprint density at radius 1 is 1.17 bits per heavy atom. The van der Waals surface area contributed by atoms with Crippen molar-refractivity contribution in [2.45, 2.75) is 10.6 Å². The van der Waals surface area contributed by atoms with Gasteiger partial charge in [0.2, 0.25) is 0 Å². The predicted molar refractivity (Wildman–Crippen MR) is 68.1 cm³/mol. The fraction of sp³-hybridized carbons (Fsp3) is 0.400. The number of hydrogen-bond acceptors (Lipinski definition) is 5. The second-order valence-electron chi connectivity index (χ2n) is 4.02. The highest BCUT2D eigenvalue weighted by Crippen LogP contribution is 2.26. The van der Waals surface area contributed by atoms with Crippen LogP contribution < -0.4 is 4.18 Å². The summed E-state index contributed by atoms with van der Waals surface area (Å²) in [5, 5.41) is -2.19. The molecular formula is C10H11ClO5S2. The Hall–Kier alpha value is -0.790. The molecule has 1 aromatic rings. The van der Waals surface area contributed by atoms with E-state index in [1.54, 1.807) is 18.2 Å². The maximum atomic E-state index is 11.9. The van der Waals surface area contributed by atoms with Crippen LogP contribution in [0.5, 0.6) is 5.75 Å². The minimum absolute atomic E-state index is 0.144. The van der Waals surface area contributed by atoms with Crippen molar-refractivity contribution in [3.63, 3.8) is 0 Å². The number of para-hydroxylation sites is 1. The Bertz CT molecular complexity index is 623. The molecular weight excluding hydrogens is 300 g/mol. The van der Waals surface area contributed by atoms with Gasteiger partial charge in [0.05, 0.1) is 16.9 Å². The zero-order valence-corrected chi connectivity index (χ0v) is 11.6. The Balaban J connectivity index is 2.23. The summed E-state index contributed by atoms with van der Waals surface area (Å²) in [6.45, 7) is 0. The molecule has 0 aliphatic carbocycles. The van der Waals surface area contributed by atoms with Gasteiger partial charge < -0.3 is 4.18 Å². The Kier molecular flexibility index (Phi) is 3.57. The smallest absolute Gasteiger partial charge is 0.314 e. The minimum Gasteiger partial charge on any atom is -0.382 e. The molecule has 100 valence electrons. The molecule has 1 aromatic carbocycles. The fourth-order valence-electron chi connectivity index (χ4n) is 1.71. The first-order valence-electron chi connectivity index (χ1n) is 5.13. The lowest BCUT2D eigenvalue weighted by Gasteiger charge is -2.13. The minimum atomic E-state index is -4.04. The molecule has 2 unspecified atom stereocenters. The first kappa shape index (κ1) is 13.6. The summed E-state index contributed by atoms with van der Waals surface area (Å²) < 4.78 is 51.4. The van der Waals surface area contributed by atoms with Gasteiger partial charge in [-0.25, -0.2) is 8.42 Å². The van der Waals surface area contributed by atoms with Crippen LogP contribution in [-0.2, 0) is 20.0 Å². The van der Waals surface area contributed by atoms with Crippen molar-refractivity contribution in [2.24, 2.45) is 0 Å². The standard InChI is InChI=1S/C10H11ClO5S2/c11-9-6-17(12,13)7-10(9)18(14,15)16-8-4-2-1-3-5-8/h1-5,9-10H,6-7H2. The molecule has 1 fully saturated rings. The average molecular weight is 311 g/mol. The van der Waals surface area contributed by atoms with Crippen molar-refractivity contribution in [3.8, 4) is 5.75 Å². The topological polar surface area (TPSA) is 77.5 Å². The second kappa shape index (κ2) is 4.71. The molecule has 18 heavy (non-hydrogen) atoms. The highest BCUT2D eigenvalue weighted by Gasteiger charge is 2.45. The summed E-state index contributed by atoms with van der Waals surface area (Å²) in [5.41, 5.74) is 0. The van der Waals surface area contributed by atoms with Crippen molar-refractivity contribution in [1.29, 1.82) is 0 Å². The Morgan fingerprint density at radius 2 is 1.78 bits per heavy atom. The monoisotopic (exact) mass is 310 g/mol. The summed E-state index contributed by atoms with van der Waals surface area (Å²) in [4.78, 5) is 0. The molecule has 1 heterocycles. The maximum Gasteiger partial charge on any atom is 0.314 e. The third-order valence-corrected chi connectivity index (χ3v) is 6.96. The van der Waals surface area contributed by atoms with Crippen molar-refractivity contribution >= 4 is 31.6 Å². The van der Waals surface area contributed by atoms with Gasteiger partial charge in [-0.3, -0.25) is 0 Å². The van der Waals surface area contributed by atoms with E-state index in [1.807, 2.05) is 0 Å². The number of hydrogen-bond donors (Lipinski definition) is 0. The predicted octanol–water partition coefficient (Wildman–Crippen LogP) is 0.800. The highest BCUT2D eigenvalue weighted by molar-refractivity contribution is 7.94. The van der Waals surface area contributed by atoms with Gasteiger partial charge in [0, 0.05) is 0 Å². The van der Waals surface area contributed by atoms with Gasteiger partial charge in [-0.2, -0.15) is 8.42 Å². The lowest BCUT2D eigenvalue weighted by Crippen LogP contribution is -2.33. The van der Waals surface area contributed by atoms with Crippen LogP contribution in [0.3, 0.4) is 0 Å². The molecule has 8 heteroatoms. The number of alkyl halides is 1. The van der Waals surface area contributed by atoms with E-state index in [-0.39, 0.29) is 11.5 Å². The van der Waals surface area contributed by atoms with Gasteiger partial charge >= 0.3 is 10.1 Å². The highest BCUT2D eigenvalue weighted by atomic mass is 35.5. The van der Waals surface area contributed by atoms with E-state index >= 15 is 0 Å². The lowest BCUT2D eigenvalue weighted by molar-refractivity contribution is 0.475. The first-order valence-corrected chi connectivity index (χ1v) is 8.86. The second-order valence-corrected chi connectivity index (χ2v) is 8.49. The average Bonchev–Trinajstić information content (AvgIpc) is 2.54. The van der Waals surface area contributed by atoms with E-state index in [0.29, 0.717) is 0 Å². The lowest BCUT2D eigenvalue weighted by atomic mass is 10.3. The molecule has 0 bridgehead atoms. The third kappa shape index (κ3) is 2.96. The molecule has 5 nitrogen and oxygen atoms in total. The number of sulfone groups is 1. The summed E-state index contributed by atoms with van der Waals surface area (Å²) in [6.07, 6.45) is 0. The molecule has 0 radical (unpaired) electrons. The van der Waals surface area contributed by atoms with Crippen LogP contribution in [0.15, 0.2) is 30.3 Å². The fourth-order valence-corrected chi connectivity index (χ4v) is 6.82. The first-order chi connectivity index (χ1) is 8.30. The number of benzene rings is 1. The molecule has 0 spiro atoms. The summed E-state index contributed by atoms with van der Waals surface area (Å²) in [5.74, 6) is -0.682. The van der Waals surface area contributed by atoms with Gasteiger partial charge in [-0.15, -0.1) is 11.6 Å². The van der Waals surface area contributed by atoms with Gasteiger partial charge in [0.15, 0.2) is 9.84 Å². The zero-order chi connectivity index (χ0) is 13.4. The van der Waals surface area contributed by atoms with Gasteiger partial charge in [-0.1, -0.05) is 18.2 Å². The summed E-state index contributed by atoms with van der Waals surface area (Å²) in [7, 11) is -7.46. The van der Waals surface area contributed by atoms with E-state index in [9.17, 15) is 16.8 Å². The number of halogens is 1. The van der Waals surface area contributed by atoms with Crippen molar-refractivity contribution in [3.05, 3.63) is 30.3 Å². The van der Waals surface area contributed by atoms with Crippen molar-refractivity contribution in [2.75, 3.05) is 11.5 Å². The molecule has 2 atom stereocenters. The van der Waals surface area contributed by atoms with E-state index in [2.05, 4.69) is 0 Å². The molecule has 0 saturated carbocycles. The molecule has 0 aromatic heterocycles. The van der Waals surface area contributed by atoms with E-state index in [4.69, 9.17) is 15.8 Å². The molecule has 1 aliphatic heterocycles. The van der Waals surface area contributed by atoms with Gasteiger partial charge in [0.25, 0.3) is 0 Å². The van der Waals surface area contributed by atoms with Crippen LogP contribution in [0.2, 0.25) is 0 Å². The summed E-state index contributed by atoms with van der Waals surface area (Å²) >= 11 is 5.78. The van der Waals surface area contributed by atoms with E-state index in [1.165, 1.54) is 12.1 Å². The van der Waals surface area contributed by atoms with E-state index in [0.717, 1.165) is 0 Å². The van der Waals surface area contributed by atoms with Gasteiger partial charge in [0.1, 0.15) is 11.0 Å². The third-order valence-electron chi connectivity index (χ3n) is 2.56. The van der Waals surface area contributed by atoms with Crippen molar-refractivity contribution < 1.29 is 21.0 Å². The quantitative estimate of drug-likeness (QED) is 0.609. The maximum absolute atomic E-state index is 11.9. The van der Waals surface area contributed by atoms with Crippen LogP contribution in [0.4, 0.5) is 0 Å². The summed E-state index contributed by atoms with van der Waals surface area (Å²) in [6, 6.07) is 7.90. The molecule has 1 saturated heterocycles. The zero-order valence-electron chi connectivity index (χ0n) is 9.19. The molecule has 0 amide bonds. The normalized spacial score (nSPS) is 26.9. The van der Waals surface area contributed by atoms with E-state index < -0.39 is 36.3 Å². The van der Waals surface area contributed by atoms with Crippen LogP contribution in [0, 0.1) is 0 Å². The largest absolute Gasteiger partial charge is 0.382 e. The SMILES string of the molecule is O=S1(=O)CC(Cl)C(S(=O)(=O)Oc2ccccc2)C1. The molecule has 1 aliphatic rings. The Morgan fingerprint density at radius 3 is 2.28 bits per heavy atom. The van der Waals surface area contributed by atoms with Crippen LogP contribution >= 0.6 is 11.6 Å².